The zero-order valence-electron chi connectivity index (χ0n) is 14.0. The van der Waals surface area contributed by atoms with Gasteiger partial charge in [0.15, 0.2) is 5.96 Å². The van der Waals surface area contributed by atoms with Crippen molar-refractivity contribution >= 4 is 5.96 Å². The average Bonchev–Trinajstić information content (AvgIpc) is 3.03. The normalized spacial score (nSPS) is 24.2. The first-order valence-electron chi connectivity index (χ1n) is 8.82. The minimum Gasteiger partial charge on any atom is -0.357 e. The molecule has 1 aromatic rings. The summed E-state index contributed by atoms with van der Waals surface area (Å²) in [5, 5.41) is 12.3. The number of aliphatic imine (C=N–C) groups is 1. The van der Waals surface area contributed by atoms with Crippen LogP contribution < -0.4 is 5.32 Å². The maximum absolute atomic E-state index is 8.87. The van der Waals surface area contributed by atoms with Gasteiger partial charge in [0, 0.05) is 19.6 Å². The number of nitriles is 1. The summed E-state index contributed by atoms with van der Waals surface area (Å²) in [6.07, 6.45) is 5.56. The minimum atomic E-state index is 0.667. The molecular formula is C19H26N4. The molecule has 2 aliphatic rings. The van der Waals surface area contributed by atoms with Gasteiger partial charge >= 0.3 is 0 Å². The number of likely N-dealkylation sites (tertiary alicyclic amines) is 1. The van der Waals surface area contributed by atoms with Gasteiger partial charge in [-0.2, -0.15) is 5.26 Å². The third kappa shape index (κ3) is 3.85. The summed E-state index contributed by atoms with van der Waals surface area (Å²) >= 11 is 0. The minimum absolute atomic E-state index is 0.667. The largest absolute Gasteiger partial charge is 0.357 e. The Bertz CT molecular complexity index is 570. The molecule has 23 heavy (non-hydrogen) atoms. The van der Waals surface area contributed by atoms with E-state index < -0.39 is 0 Å². The topological polar surface area (TPSA) is 51.4 Å². The van der Waals surface area contributed by atoms with Crippen LogP contribution in [0.5, 0.6) is 0 Å². The summed E-state index contributed by atoms with van der Waals surface area (Å²) in [7, 11) is 0. The molecule has 3 rings (SSSR count). The summed E-state index contributed by atoms with van der Waals surface area (Å²) in [4.78, 5) is 7.28. The molecule has 122 valence electrons. The van der Waals surface area contributed by atoms with E-state index in [9.17, 15) is 0 Å². The van der Waals surface area contributed by atoms with Gasteiger partial charge in [0.2, 0.25) is 0 Å². The quantitative estimate of drug-likeness (QED) is 0.689. The molecule has 2 fully saturated rings. The van der Waals surface area contributed by atoms with Crippen molar-refractivity contribution in [1.82, 2.24) is 10.2 Å². The van der Waals surface area contributed by atoms with Crippen molar-refractivity contribution in [2.45, 2.75) is 39.2 Å². The molecular weight excluding hydrogens is 284 g/mol. The Balaban J connectivity index is 1.66. The van der Waals surface area contributed by atoms with Gasteiger partial charge in [-0.25, -0.2) is 4.99 Å². The number of nitrogens with zero attached hydrogens (tertiary/aromatic N) is 3. The van der Waals surface area contributed by atoms with Crippen molar-refractivity contribution in [3.05, 3.63) is 35.4 Å². The lowest BCUT2D eigenvalue weighted by atomic mass is 9.82. The fourth-order valence-electron chi connectivity index (χ4n) is 3.86. The molecule has 1 aliphatic carbocycles. The molecule has 4 nitrogen and oxygen atoms in total. The van der Waals surface area contributed by atoms with E-state index in [-0.39, 0.29) is 0 Å². The van der Waals surface area contributed by atoms with Crippen LogP contribution in [-0.4, -0.2) is 30.5 Å². The fourth-order valence-corrected chi connectivity index (χ4v) is 3.86. The van der Waals surface area contributed by atoms with E-state index in [4.69, 9.17) is 10.3 Å². The second kappa shape index (κ2) is 7.50. The van der Waals surface area contributed by atoms with E-state index in [0.717, 1.165) is 43.0 Å². The van der Waals surface area contributed by atoms with Gasteiger partial charge in [0.1, 0.15) is 0 Å². The second-order valence-corrected chi connectivity index (χ2v) is 6.69. The molecule has 0 amide bonds. The predicted molar refractivity (Wildman–Crippen MR) is 93.0 cm³/mol. The fraction of sp³-hybridized carbons (Fsp3) is 0.579. The molecule has 4 heteroatoms. The van der Waals surface area contributed by atoms with Crippen LogP contribution in [0.4, 0.5) is 0 Å². The summed E-state index contributed by atoms with van der Waals surface area (Å²) in [5.74, 6) is 2.77. The van der Waals surface area contributed by atoms with Crippen molar-refractivity contribution in [1.29, 1.82) is 5.26 Å². The summed E-state index contributed by atoms with van der Waals surface area (Å²) in [6, 6.07) is 9.87. The van der Waals surface area contributed by atoms with Crippen molar-refractivity contribution < 1.29 is 0 Å². The van der Waals surface area contributed by atoms with E-state index in [1.54, 1.807) is 0 Å². The number of guanidine groups is 1. The zero-order valence-corrected chi connectivity index (χ0v) is 14.0. The lowest BCUT2D eigenvalue weighted by molar-refractivity contribution is 0.299. The highest BCUT2D eigenvalue weighted by Gasteiger charge is 2.35. The number of hydrogen-bond donors (Lipinski definition) is 1. The van der Waals surface area contributed by atoms with Crippen LogP contribution in [0.1, 0.15) is 43.7 Å². The van der Waals surface area contributed by atoms with E-state index >= 15 is 0 Å². The Morgan fingerprint density at radius 3 is 2.43 bits per heavy atom. The molecule has 0 spiro atoms. The molecule has 1 aromatic carbocycles. The lowest BCUT2D eigenvalue weighted by Crippen LogP contribution is -2.40. The molecule has 2 atom stereocenters. The Morgan fingerprint density at radius 1 is 1.22 bits per heavy atom. The van der Waals surface area contributed by atoms with Gasteiger partial charge < -0.3 is 10.2 Å². The first-order chi connectivity index (χ1) is 11.3. The lowest BCUT2D eigenvalue weighted by Gasteiger charge is -2.22. The second-order valence-electron chi connectivity index (χ2n) is 6.69. The van der Waals surface area contributed by atoms with Crippen LogP contribution in [-0.2, 0) is 6.54 Å². The van der Waals surface area contributed by atoms with Crippen molar-refractivity contribution in [3.63, 3.8) is 0 Å². The van der Waals surface area contributed by atoms with Crippen LogP contribution >= 0.6 is 0 Å². The first kappa shape index (κ1) is 15.9. The highest BCUT2D eigenvalue weighted by atomic mass is 15.3. The summed E-state index contributed by atoms with van der Waals surface area (Å²) in [5.41, 5.74) is 1.85. The van der Waals surface area contributed by atoms with E-state index in [1.165, 1.54) is 25.7 Å². The SMILES string of the molecule is CCNC(=NCc1ccc(C#N)cc1)N1CC2CCCCC2C1. The van der Waals surface area contributed by atoms with Crippen LogP contribution in [0.3, 0.4) is 0 Å². The summed E-state index contributed by atoms with van der Waals surface area (Å²) in [6.45, 7) is 6.01. The Labute approximate surface area is 139 Å². The Hall–Kier alpha value is -2.02. The number of rotatable bonds is 3. The van der Waals surface area contributed by atoms with Gasteiger partial charge in [-0.3, -0.25) is 0 Å². The van der Waals surface area contributed by atoms with Gasteiger partial charge in [0.25, 0.3) is 0 Å². The van der Waals surface area contributed by atoms with Crippen LogP contribution in [0.25, 0.3) is 0 Å². The number of fused-ring (bicyclic) bond motifs is 1. The number of benzene rings is 1. The monoisotopic (exact) mass is 310 g/mol. The summed E-state index contributed by atoms with van der Waals surface area (Å²) < 4.78 is 0. The van der Waals surface area contributed by atoms with E-state index in [1.807, 2.05) is 24.3 Å². The molecule has 1 N–H and O–H groups in total. The maximum Gasteiger partial charge on any atom is 0.194 e. The van der Waals surface area contributed by atoms with Crippen LogP contribution in [0.15, 0.2) is 29.3 Å². The highest BCUT2D eigenvalue weighted by Crippen LogP contribution is 2.35. The van der Waals surface area contributed by atoms with E-state index in [0.29, 0.717) is 12.1 Å². The van der Waals surface area contributed by atoms with E-state index in [2.05, 4.69) is 23.2 Å². The molecule has 0 aromatic heterocycles. The number of nitrogens with one attached hydrogen (secondary N) is 1. The predicted octanol–water partition coefficient (Wildman–Crippen LogP) is 3.15. The molecule has 0 radical (unpaired) electrons. The standard InChI is InChI=1S/C19H26N4/c1-2-21-19(22-12-16-9-7-15(11-20)8-10-16)23-13-17-5-3-4-6-18(17)14-23/h7-10,17-18H,2-6,12-14H2,1H3,(H,21,22). The molecule has 1 aliphatic heterocycles. The van der Waals surface area contributed by atoms with Crippen molar-refractivity contribution in [2.24, 2.45) is 16.8 Å². The van der Waals surface area contributed by atoms with Gasteiger partial charge in [0.05, 0.1) is 18.2 Å². The molecule has 1 heterocycles. The molecule has 1 saturated carbocycles. The Morgan fingerprint density at radius 2 is 1.87 bits per heavy atom. The third-order valence-corrected chi connectivity index (χ3v) is 5.11. The van der Waals surface area contributed by atoms with Gasteiger partial charge in [-0.05, 0) is 49.3 Å². The third-order valence-electron chi connectivity index (χ3n) is 5.11. The highest BCUT2D eigenvalue weighted by molar-refractivity contribution is 5.80. The average molecular weight is 310 g/mol. The number of hydrogen-bond acceptors (Lipinski definition) is 2. The van der Waals surface area contributed by atoms with Crippen molar-refractivity contribution in [3.8, 4) is 6.07 Å². The van der Waals surface area contributed by atoms with Crippen LogP contribution in [0.2, 0.25) is 0 Å². The van der Waals surface area contributed by atoms with Gasteiger partial charge in [-0.1, -0.05) is 25.0 Å². The molecule has 0 bridgehead atoms. The zero-order chi connectivity index (χ0) is 16.1. The first-order valence-corrected chi connectivity index (χ1v) is 8.82. The maximum atomic E-state index is 8.87. The van der Waals surface area contributed by atoms with Gasteiger partial charge in [-0.15, -0.1) is 0 Å². The van der Waals surface area contributed by atoms with Crippen molar-refractivity contribution in [2.75, 3.05) is 19.6 Å². The molecule has 1 saturated heterocycles. The molecule has 2 unspecified atom stereocenters. The van der Waals surface area contributed by atoms with Crippen LogP contribution in [0, 0.1) is 23.2 Å². The Kier molecular flexibility index (Phi) is 5.17. The smallest absolute Gasteiger partial charge is 0.194 e.